The summed E-state index contributed by atoms with van der Waals surface area (Å²) in [5.74, 6) is 0. The zero-order chi connectivity index (χ0) is 15.9. The van der Waals surface area contributed by atoms with Gasteiger partial charge >= 0.3 is 6.18 Å². The summed E-state index contributed by atoms with van der Waals surface area (Å²) < 4.78 is 50.9. The molecule has 2 heterocycles. The summed E-state index contributed by atoms with van der Waals surface area (Å²) in [6.45, 7) is 4.91. The molecule has 0 radical (unpaired) electrons. The first kappa shape index (κ1) is 15.1. The van der Waals surface area contributed by atoms with Gasteiger partial charge in [0.25, 0.3) is 0 Å². The van der Waals surface area contributed by atoms with Gasteiger partial charge in [0.15, 0.2) is 6.29 Å². The van der Waals surface area contributed by atoms with Gasteiger partial charge in [0.2, 0.25) is 0 Å². The molecule has 0 aliphatic carbocycles. The largest absolute Gasteiger partial charge is 0.416 e. The Bertz CT molecular complexity index is 668. The third kappa shape index (κ3) is 2.64. The van der Waals surface area contributed by atoms with Crippen LogP contribution in [-0.2, 0) is 15.7 Å². The molecule has 0 amide bonds. The Hall–Kier alpha value is -1.79. The molecule has 0 saturated carbocycles. The molecule has 2 aromatic rings. The Morgan fingerprint density at radius 3 is 2.18 bits per heavy atom. The Balaban J connectivity index is 1.98. The van der Waals surface area contributed by atoms with Gasteiger partial charge in [0.1, 0.15) is 0 Å². The number of aryl methyl sites for hydroxylation is 1. The highest BCUT2D eigenvalue weighted by Gasteiger charge is 2.30. The van der Waals surface area contributed by atoms with Gasteiger partial charge in [-0.3, -0.25) is 0 Å². The molecular weight excluding hydrogens is 295 g/mol. The Labute approximate surface area is 126 Å². The molecule has 0 bridgehead atoms. The van der Waals surface area contributed by atoms with E-state index in [4.69, 9.17) is 9.47 Å². The summed E-state index contributed by atoms with van der Waals surface area (Å²) in [6, 6.07) is 7.09. The van der Waals surface area contributed by atoms with Crippen LogP contribution in [0.25, 0.3) is 5.69 Å². The van der Waals surface area contributed by atoms with Crippen LogP contribution in [0.1, 0.15) is 28.8 Å². The second-order valence-electron chi connectivity index (χ2n) is 5.28. The summed E-state index contributed by atoms with van der Waals surface area (Å²) in [5, 5.41) is 0. The van der Waals surface area contributed by atoms with E-state index in [0.717, 1.165) is 29.1 Å². The minimum absolute atomic E-state index is 0.394. The number of ether oxygens (including phenoxy) is 2. The van der Waals surface area contributed by atoms with Crippen molar-refractivity contribution in [1.82, 2.24) is 4.57 Å². The van der Waals surface area contributed by atoms with Gasteiger partial charge in [0.05, 0.1) is 18.8 Å². The molecule has 6 heteroatoms. The SMILES string of the molecule is Cc1cc(C2OCCO2)c(C)n1-c1ccc(C(F)(F)F)cc1. The molecule has 0 unspecified atom stereocenters. The molecule has 0 atom stereocenters. The van der Waals surface area contributed by atoms with E-state index in [1.54, 1.807) is 0 Å². The molecule has 1 fully saturated rings. The third-order valence-corrected chi connectivity index (χ3v) is 3.80. The number of hydrogen-bond donors (Lipinski definition) is 0. The van der Waals surface area contributed by atoms with E-state index in [1.165, 1.54) is 12.1 Å². The van der Waals surface area contributed by atoms with E-state index in [2.05, 4.69) is 0 Å². The molecule has 1 aromatic carbocycles. The number of nitrogens with zero attached hydrogens (tertiary/aromatic N) is 1. The van der Waals surface area contributed by atoms with E-state index >= 15 is 0 Å². The van der Waals surface area contributed by atoms with Gasteiger partial charge in [-0.15, -0.1) is 0 Å². The van der Waals surface area contributed by atoms with Gasteiger partial charge in [-0.25, -0.2) is 0 Å². The fourth-order valence-electron chi connectivity index (χ4n) is 2.76. The Morgan fingerprint density at radius 2 is 1.64 bits per heavy atom. The molecule has 3 rings (SSSR count). The minimum Gasteiger partial charge on any atom is -0.346 e. The van der Waals surface area contributed by atoms with E-state index < -0.39 is 18.0 Å². The zero-order valence-corrected chi connectivity index (χ0v) is 12.3. The quantitative estimate of drug-likeness (QED) is 0.831. The number of rotatable bonds is 2. The lowest BCUT2D eigenvalue weighted by molar-refractivity contribution is -0.137. The van der Waals surface area contributed by atoms with Crippen LogP contribution in [0, 0.1) is 13.8 Å². The first-order chi connectivity index (χ1) is 10.4. The number of halogens is 3. The number of hydrogen-bond acceptors (Lipinski definition) is 2. The van der Waals surface area contributed by atoms with E-state index in [1.807, 2.05) is 24.5 Å². The zero-order valence-electron chi connectivity index (χ0n) is 12.3. The predicted molar refractivity (Wildman–Crippen MR) is 74.9 cm³/mol. The van der Waals surface area contributed by atoms with Crippen LogP contribution in [0.2, 0.25) is 0 Å². The number of benzene rings is 1. The minimum atomic E-state index is -4.32. The fourth-order valence-corrected chi connectivity index (χ4v) is 2.76. The molecule has 3 nitrogen and oxygen atoms in total. The monoisotopic (exact) mass is 311 g/mol. The first-order valence-electron chi connectivity index (χ1n) is 6.97. The van der Waals surface area contributed by atoms with Crippen LogP contribution in [-0.4, -0.2) is 17.8 Å². The van der Waals surface area contributed by atoms with Crippen molar-refractivity contribution in [3.05, 3.63) is 52.8 Å². The second kappa shape index (κ2) is 5.44. The van der Waals surface area contributed by atoms with Crippen molar-refractivity contribution in [2.24, 2.45) is 0 Å². The molecule has 0 spiro atoms. The Morgan fingerprint density at radius 1 is 1.05 bits per heavy atom. The molecule has 0 N–H and O–H groups in total. The van der Waals surface area contributed by atoms with Crippen molar-refractivity contribution in [1.29, 1.82) is 0 Å². The van der Waals surface area contributed by atoms with Crippen molar-refractivity contribution in [3.63, 3.8) is 0 Å². The predicted octanol–water partition coefficient (Wildman–Crippen LogP) is 4.16. The smallest absolute Gasteiger partial charge is 0.346 e. The maximum Gasteiger partial charge on any atom is 0.416 e. The number of aromatic nitrogens is 1. The van der Waals surface area contributed by atoms with E-state index in [9.17, 15) is 13.2 Å². The van der Waals surface area contributed by atoms with E-state index in [-0.39, 0.29) is 0 Å². The van der Waals surface area contributed by atoms with Crippen LogP contribution in [0.3, 0.4) is 0 Å². The molecule has 1 aliphatic rings. The normalized spacial score (nSPS) is 16.4. The highest BCUT2D eigenvalue weighted by molar-refractivity contribution is 5.43. The van der Waals surface area contributed by atoms with Crippen molar-refractivity contribution in [2.75, 3.05) is 13.2 Å². The van der Waals surface area contributed by atoms with Crippen molar-refractivity contribution >= 4 is 0 Å². The van der Waals surface area contributed by atoms with E-state index in [0.29, 0.717) is 18.9 Å². The van der Waals surface area contributed by atoms with Crippen molar-refractivity contribution in [2.45, 2.75) is 26.3 Å². The van der Waals surface area contributed by atoms with Crippen LogP contribution >= 0.6 is 0 Å². The van der Waals surface area contributed by atoms with Crippen molar-refractivity contribution in [3.8, 4) is 5.69 Å². The molecule has 1 aromatic heterocycles. The highest BCUT2D eigenvalue weighted by atomic mass is 19.4. The Kier molecular flexibility index (Phi) is 3.74. The highest BCUT2D eigenvalue weighted by Crippen LogP contribution is 2.32. The molecule has 1 saturated heterocycles. The summed E-state index contributed by atoms with van der Waals surface area (Å²) in [4.78, 5) is 0. The summed E-state index contributed by atoms with van der Waals surface area (Å²) >= 11 is 0. The summed E-state index contributed by atoms with van der Waals surface area (Å²) in [6.07, 6.45) is -4.72. The lowest BCUT2D eigenvalue weighted by Crippen LogP contribution is -2.06. The third-order valence-electron chi connectivity index (χ3n) is 3.80. The summed E-state index contributed by atoms with van der Waals surface area (Å²) in [5.41, 5.74) is 2.78. The van der Waals surface area contributed by atoms with Crippen LogP contribution in [0.4, 0.5) is 13.2 Å². The molecular formula is C16H16F3NO2. The van der Waals surface area contributed by atoms with Gasteiger partial charge < -0.3 is 14.0 Å². The maximum atomic E-state index is 12.6. The summed E-state index contributed by atoms with van der Waals surface area (Å²) in [7, 11) is 0. The average Bonchev–Trinajstić information content (AvgIpc) is 3.06. The standard InChI is InChI=1S/C16H16F3NO2/c1-10-9-14(15-21-7-8-22-15)11(2)20(10)13-5-3-12(4-6-13)16(17,18)19/h3-6,9,15H,7-8H2,1-2H3. The molecule has 118 valence electrons. The van der Waals surface area contributed by atoms with Gasteiger partial charge in [-0.1, -0.05) is 0 Å². The first-order valence-corrected chi connectivity index (χ1v) is 6.97. The van der Waals surface area contributed by atoms with Crippen LogP contribution < -0.4 is 0 Å². The average molecular weight is 311 g/mol. The molecule has 1 aliphatic heterocycles. The van der Waals surface area contributed by atoms with Gasteiger partial charge in [-0.2, -0.15) is 13.2 Å². The number of alkyl halides is 3. The lowest BCUT2D eigenvalue weighted by Gasteiger charge is -2.13. The van der Waals surface area contributed by atoms with Crippen molar-refractivity contribution < 1.29 is 22.6 Å². The van der Waals surface area contributed by atoms with Gasteiger partial charge in [0, 0.05) is 22.6 Å². The topological polar surface area (TPSA) is 23.4 Å². The second-order valence-corrected chi connectivity index (χ2v) is 5.28. The van der Waals surface area contributed by atoms with Gasteiger partial charge in [-0.05, 0) is 44.2 Å². The van der Waals surface area contributed by atoms with Crippen LogP contribution in [0.5, 0.6) is 0 Å². The fraction of sp³-hybridized carbons (Fsp3) is 0.375. The maximum absolute atomic E-state index is 12.6. The molecule has 22 heavy (non-hydrogen) atoms. The lowest BCUT2D eigenvalue weighted by atomic mass is 10.2. The van der Waals surface area contributed by atoms with Crippen LogP contribution in [0.15, 0.2) is 30.3 Å².